The first-order valence-electron chi connectivity index (χ1n) is 10.0. The van der Waals surface area contributed by atoms with Crippen molar-refractivity contribution in [1.29, 1.82) is 0 Å². The van der Waals surface area contributed by atoms with Crippen LogP contribution in [-0.2, 0) is 9.59 Å². The van der Waals surface area contributed by atoms with Crippen LogP contribution in [0, 0.1) is 0 Å². The Morgan fingerprint density at radius 3 is 2.00 bits per heavy atom. The Kier molecular flexibility index (Phi) is 8.87. The van der Waals surface area contributed by atoms with E-state index in [1.807, 2.05) is 48.5 Å². The molecule has 2 aromatic carbocycles. The third-order valence-electron chi connectivity index (χ3n) is 5.03. The highest BCUT2D eigenvalue weighted by Crippen LogP contribution is 2.21. The van der Waals surface area contributed by atoms with E-state index < -0.39 is 0 Å². The summed E-state index contributed by atoms with van der Waals surface area (Å²) in [5, 5.41) is 5.88. The molecule has 160 valence electrons. The first kappa shape index (κ1) is 22.9. The number of para-hydroxylation sites is 1. The van der Waals surface area contributed by atoms with Crippen LogP contribution in [0.5, 0.6) is 0 Å². The minimum atomic E-state index is 0.0218. The molecule has 30 heavy (non-hydrogen) atoms. The maximum Gasteiger partial charge on any atom is 0.225 e. The molecule has 0 aromatic heterocycles. The molecule has 8 heteroatoms. The number of hydrogen-bond donors (Lipinski definition) is 2. The van der Waals surface area contributed by atoms with Gasteiger partial charge in [-0.2, -0.15) is 0 Å². The van der Waals surface area contributed by atoms with Crippen LogP contribution in [-0.4, -0.2) is 60.9 Å². The van der Waals surface area contributed by atoms with Crippen molar-refractivity contribution in [1.82, 2.24) is 9.80 Å². The van der Waals surface area contributed by atoms with Gasteiger partial charge in [-0.25, -0.2) is 0 Å². The van der Waals surface area contributed by atoms with Gasteiger partial charge >= 0.3 is 0 Å². The lowest BCUT2D eigenvalue weighted by molar-refractivity contribution is -0.117. The van der Waals surface area contributed by atoms with E-state index in [4.69, 9.17) is 0 Å². The molecule has 2 N–H and O–H groups in total. The highest BCUT2D eigenvalue weighted by atomic mass is 79.9. The second-order valence-corrected chi connectivity index (χ2v) is 9.04. The van der Waals surface area contributed by atoms with Crippen LogP contribution in [0.3, 0.4) is 0 Å². The smallest absolute Gasteiger partial charge is 0.225 e. The monoisotopic (exact) mass is 536 g/mol. The van der Waals surface area contributed by atoms with Gasteiger partial charge in [0, 0.05) is 66.7 Å². The number of amides is 2. The Morgan fingerprint density at radius 1 is 0.800 bits per heavy atom. The summed E-state index contributed by atoms with van der Waals surface area (Å²) in [7, 11) is 0. The second kappa shape index (κ2) is 11.6. The van der Waals surface area contributed by atoms with E-state index in [-0.39, 0.29) is 11.8 Å². The minimum absolute atomic E-state index is 0.0218. The van der Waals surface area contributed by atoms with Crippen molar-refractivity contribution in [2.45, 2.75) is 12.8 Å². The highest BCUT2D eigenvalue weighted by molar-refractivity contribution is 9.10. The Balaban J connectivity index is 1.31. The zero-order chi connectivity index (χ0) is 21.3. The summed E-state index contributed by atoms with van der Waals surface area (Å²) in [5.41, 5.74) is 1.61. The zero-order valence-corrected chi connectivity index (χ0v) is 19.9. The highest BCUT2D eigenvalue weighted by Gasteiger charge is 2.18. The maximum absolute atomic E-state index is 12.2. The third-order valence-corrected chi connectivity index (χ3v) is 6.22. The van der Waals surface area contributed by atoms with Crippen molar-refractivity contribution in [3.05, 3.63) is 57.5 Å². The molecule has 2 aromatic rings. The largest absolute Gasteiger partial charge is 0.326 e. The molecule has 0 radical (unpaired) electrons. The lowest BCUT2D eigenvalue weighted by Crippen LogP contribution is -2.47. The van der Waals surface area contributed by atoms with Crippen LogP contribution >= 0.6 is 31.9 Å². The molecule has 1 saturated heterocycles. The van der Waals surface area contributed by atoms with E-state index >= 15 is 0 Å². The van der Waals surface area contributed by atoms with Crippen molar-refractivity contribution in [3.8, 4) is 0 Å². The number of rotatable bonds is 8. The Bertz CT molecular complexity index is 870. The van der Waals surface area contributed by atoms with Gasteiger partial charge in [0.25, 0.3) is 0 Å². The molecular formula is C22H26Br2N4O2. The lowest BCUT2D eigenvalue weighted by atomic mass is 10.2. The summed E-state index contributed by atoms with van der Waals surface area (Å²) in [5.74, 6) is 0.0489. The average molecular weight is 538 g/mol. The number of anilines is 2. The van der Waals surface area contributed by atoms with Gasteiger partial charge in [0.1, 0.15) is 0 Å². The van der Waals surface area contributed by atoms with Crippen molar-refractivity contribution in [2.75, 3.05) is 49.9 Å². The van der Waals surface area contributed by atoms with E-state index in [9.17, 15) is 9.59 Å². The van der Waals surface area contributed by atoms with Crippen molar-refractivity contribution < 1.29 is 9.59 Å². The normalized spacial score (nSPS) is 15.0. The third kappa shape index (κ3) is 7.50. The van der Waals surface area contributed by atoms with Crippen LogP contribution in [0.2, 0.25) is 0 Å². The van der Waals surface area contributed by atoms with Crippen molar-refractivity contribution in [2.24, 2.45) is 0 Å². The standard InChI is InChI=1S/C22H26Br2N4O2/c23-17-4-3-5-18(16-17)25-21(29)8-10-27-12-14-28(15-13-27)11-9-22(30)26-20-7-2-1-6-19(20)24/h1-7,16H,8-15H2,(H,25,29)(H,26,30). The fourth-order valence-corrected chi connectivity index (χ4v) is 4.10. The number of benzene rings is 2. The number of piperazine rings is 1. The molecule has 6 nitrogen and oxygen atoms in total. The first-order chi connectivity index (χ1) is 14.5. The van der Waals surface area contributed by atoms with Crippen molar-refractivity contribution in [3.63, 3.8) is 0 Å². The van der Waals surface area contributed by atoms with Crippen LogP contribution in [0.25, 0.3) is 0 Å². The number of nitrogens with one attached hydrogen (secondary N) is 2. The predicted molar refractivity (Wildman–Crippen MR) is 128 cm³/mol. The van der Waals surface area contributed by atoms with Crippen LogP contribution in [0.1, 0.15) is 12.8 Å². The lowest BCUT2D eigenvalue weighted by Gasteiger charge is -2.34. The summed E-state index contributed by atoms with van der Waals surface area (Å²) in [6.07, 6.45) is 0.942. The SMILES string of the molecule is O=C(CCN1CCN(CCC(=O)Nc2ccccc2Br)CC1)Nc1cccc(Br)c1. The Hall–Kier alpha value is -1.74. The van der Waals surface area contributed by atoms with Crippen LogP contribution < -0.4 is 10.6 Å². The molecule has 0 saturated carbocycles. The van der Waals surface area contributed by atoms with Gasteiger partial charge in [-0.3, -0.25) is 9.59 Å². The van der Waals surface area contributed by atoms with E-state index in [1.54, 1.807) is 0 Å². The average Bonchev–Trinajstić information content (AvgIpc) is 2.73. The Morgan fingerprint density at radius 2 is 1.40 bits per heavy atom. The summed E-state index contributed by atoms with van der Waals surface area (Å²) >= 11 is 6.85. The number of carbonyl (C=O) groups is 2. The van der Waals surface area contributed by atoms with Gasteiger partial charge < -0.3 is 20.4 Å². The molecule has 1 aliphatic rings. The number of halogens is 2. The summed E-state index contributed by atoms with van der Waals surface area (Å²) in [4.78, 5) is 29.0. The quantitative estimate of drug-likeness (QED) is 0.530. The minimum Gasteiger partial charge on any atom is -0.326 e. The van der Waals surface area contributed by atoms with E-state index in [1.165, 1.54) is 0 Å². The molecule has 0 unspecified atom stereocenters. The van der Waals surface area contributed by atoms with Gasteiger partial charge in [-0.1, -0.05) is 34.1 Å². The summed E-state index contributed by atoms with van der Waals surface area (Å²) in [6, 6.07) is 15.2. The molecule has 2 amide bonds. The van der Waals surface area contributed by atoms with E-state index in [0.717, 1.165) is 59.6 Å². The van der Waals surface area contributed by atoms with Gasteiger partial charge in [-0.05, 0) is 46.3 Å². The predicted octanol–water partition coefficient (Wildman–Crippen LogP) is 4.19. The second-order valence-electron chi connectivity index (χ2n) is 7.27. The van der Waals surface area contributed by atoms with E-state index in [0.29, 0.717) is 12.8 Å². The maximum atomic E-state index is 12.2. The fraction of sp³-hybridized carbons (Fsp3) is 0.364. The molecule has 0 aliphatic carbocycles. The number of hydrogen-bond acceptors (Lipinski definition) is 4. The molecule has 1 heterocycles. The summed E-state index contributed by atoms with van der Waals surface area (Å²) in [6.45, 7) is 5.14. The van der Waals surface area contributed by atoms with Crippen molar-refractivity contribution >= 4 is 55.0 Å². The topological polar surface area (TPSA) is 64.7 Å². The van der Waals surface area contributed by atoms with Gasteiger partial charge in [0.15, 0.2) is 0 Å². The van der Waals surface area contributed by atoms with Gasteiger partial charge in [-0.15, -0.1) is 0 Å². The molecule has 1 fully saturated rings. The first-order valence-corrected chi connectivity index (χ1v) is 11.6. The van der Waals surface area contributed by atoms with E-state index in [2.05, 4.69) is 52.3 Å². The number of nitrogens with zero attached hydrogens (tertiary/aromatic N) is 2. The van der Waals surface area contributed by atoms with Crippen LogP contribution in [0.15, 0.2) is 57.5 Å². The molecule has 1 aliphatic heterocycles. The fourth-order valence-electron chi connectivity index (χ4n) is 3.32. The summed E-state index contributed by atoms with van der Waals surface area (Å²) < 4.78 is 1.83. The van der Waals surface area contributed by atoms with Gasteiger partial charge in [0.2, 0.25) is 11.8 Å². The Labute approximate surface area is 194 Å². The molecule has 0 atom stereocenters. The molecule has 3 rings (SSSR count). The number of carbonyl (C=O) groups excluding carboxylic acids is 2. The zero-order valence-electron chi connectivity index (χ0n) is 16.7. The van der Waals surface area contributed by atoms with Gasteiger partial charge in [0.05, 0.1) is 5.69 Å². The molecule has 0 bridgehead atoms. The van der Waals surface area contributed by atoms with Crippen LogP contribution in [0.4, 0.5) is 11.4 Å². The molecular weight excluding hydrogens is 512 g/mol. The molecule has 0 spiro atoms.